The Labute approximate surface area is 98.5 Å². The minimum Gasteiger partial charge on any atom is -0.393 e. The molecule has 0 aliphatic carbocycles. The van der Waals surface area contributed by atoms with Gasteiger partial charge in [-0.25, -0.2) is 4.98 Å². The summed E-state index contributed by atoms with van der Waals surface area (Å²) in [7, 11) is 0. The molecular weight excluding hydrogens is 200 g/mol. The Morgan fingerprint density at radius 2 is 2.12 bits per heavy atom. The van der Waals surface area contributed by atoms with E-state index in [1.165, 1.54) is 0 Å². The molecule has 0 aliphatic heterocycles. The number of imidazole rings is 1. The van der Waals surface area contributed by atoms with Crippen molar-refractivity contribution in [3.8, 4) is 0 Å². The molecule has 0 aromatic carbocycles. The van der Waals surface area contributed by atoms with E-state index in [1.54, 1.807) is 0 Å². The Balaban J connectivity index is 2.55. The highest BCUT2D eigenvalue weighted by Crippen LogP contribution is 2.22. The number of rotatable bonds is 5. The van der Waals surface area contributed by atoms with E-state index in [4.69, 9.17) is 0 Å². The second kappa shape index (κ2) is 5.48. The van der Waals surface area contributed by atoms with Gasteiger partial charge in [0.2, 0.25) is 0 Å². The molecule has 1 unspecified atom stereocenters. The third-order valence-corrected chi connectivity index (χ3v) is 2.53. The standard InChI is InChI=1S/C13H24N2O/c1-5-7-15-8-6-14-12(15)9-11(16)10-13(2,3)4/h6,8,11,16H,5,7,9-10H2,1-4H3. The lowest BCUT2D eigenvalue weighted by atomic mass is 9.88. The van der Waals surface area contributed by atoms with Gasteiger partial charge in [-0.15, -0.1) is 0 Å². The number of aromatic nitrogens is 2. The van der Waals surface area contributed by atoms with Crippen molar-refractivity contribution in [2.45, 2.75) is 59.6 Å². The molecule has 0 spiro atoms. The lowest BCUT2D eigenvalue weighted by molar-refractivity contribution is 0.118. The van der Waals surface area contributed by atoms with E-state index in [0.717, 1.165) is 25.2 Å². The second-order valence-corrected chi connectivity index (χ2v) is 5.66. The van der Waals surface area contributed by atoms with Gasteiger partial charge in [0.15, 0.2) is 0 Å². The number of hydrogen-bond donors (Lipinski definition) is 1. The number of hydrogen-bond acceptors (Lipinski definition) is 2. The van der Waals surface area contributed by atoms with E-state index < -0.39 is 0 Å². The summed E-state index contributed by atoms with van der Waals surface area (Å²) in [6, 6.07) is 0. The number of nitrogens with zero attached hydrogens (tertiary/aromatic N) is 2. The zero-order valence-corrected chi connectivity index (χ0v) is 10.9. The van der Waals surface area contributed by atoms with Crippen LogP contribution in [0.15, 0.2) is 12.4 Å². The van der Waals surface area contributed by atoms with Crippen LogP contribution >= 0.6 is 0 Å². The number of aryl methyl sites for hydroxylation is 1. The summed E-state index contributed by atoms with van der Waals surface area (Å²) in [6.45, 7) is 9.57. The fraction of sp³-hybridized carbons (Fsp3) is 0.769. The van der Waals surface area contributed by atoms with Gasteiger partial charge in [0, 0.05) is 25.4 Å². The topological polar surface area (TPSA) is 38.0 Å². The third kappa shape index (κ3) is 4.35. The summed E-state index contributed by atoms with van der Waals surface area (Å²) in [5, 5.41) is 10.00. The van der Waals surface area contributed by atoms with Gasteiger partial charge < -0.3 is 9.67 Å². The highest BCUT2D eigenvalue weighted by Gasteiger charge is 2.18. The second-order valence-electron chi connectivity index (χ2n) is 5.66. The minimum atomic E-state index is -0.294. The quantitative estimate of drug-likeness (QED) is 0.835. The van der Waals surface area contributed by atoms with Gasteiger partial charge >= 0.3 is 0 Å². The van der Waals surface area contributed by atoms with Crippen LogP contribution in [0.3, 0.4) is 0 Å². The average Bonchev–Trinajstić information content (AvgIpc) is 2.50. The highest BCUT2D eigenvalue weighted by molar-refractivity contribution is 4.94. The van der Waals surface area contributed by atoms with E-state index in [9.17, 15) is 5.11 Å². The normalized spacial score (nSPS) is 14.1. The first-order valence-corrected chi connectivity index (χ1v) is 6.10. The first-order valence-electron chi connectivity index (χ1n) is 6.10. The maximum absolute atomic E-state index is 10.00. The highest BCUT2D eigenvalue weighted by atomic mass is 16.3. The van der Waals surface area contributed by atoms with Crippen LogP contribution in [-0.4, -0.2) is 20.8 Å². The summed E-state index contributed by atoms with van der Waals surface area (Å²) in [5.41, 5.74) is 0.168. The summed E-state index contributed by atoms with van der Waals surface area (Å²) >= 11 is 0. The van der Waals surface area contributed by atoms with Crippen LogP contribution in [0.2, 0.25) is 0 Å². The minimum absolute atomic E-state index is 0.168. The van der Waals surface area contributed by atoms with Crippen LogP contribution in [0, 0.1) is 5.41 Å². The van der Waals surface area contributed by atoms with Crippen molar-refractivity contribution in [1.82, 2.24) is 9.55 Å². The van der Waals surface area contributed by atoms with Crippen LogP contribution in [0.1, 0.15) is 46.4 Å². The molecule has 0 saturated heterocycles. The molecule has 1 aromatic heterocycles. The van der Waals surface area contributed by atoms with Gasteiger partial charge in [-0.1, -0.05) is 27.7 Å². The SMILES string of the molecule is CCCn1ccnc1CC(O)CC(C)(C)C. The summed E-state index contributed by atoms with van der Waals surface area (Å²) in [5.74, 6) is 0.999. The largest absolute Gasteiger partial charge is 0.393 e. The summed E-state index contributed by atoms with van der Waals surface area (Å²) in [4.78, 5) is 4.31. The number of aliphatic hydroxyl groups excluding tert-OH is 1. The van der Waals surface area contributed by atoms with Gasteiger partial charge in [-0.2, -0.15) is 0 Å². The van der Waals surface area contributed by atoms with Gasteiger partial charge in [-0.3, -0.25) is 0 Å². The molecule has 92 valence electrons. The van der Waals surface area contributed by atoms with Gasteiger partial charge in [0.1, 0.15) is 5.82 Å². The molecule has 3 heteroatoms. The van der Waals surface area contributed by atoms with Crippen LogP contribution < -0.4 is 0 Å². The Morgan fingerprint density at radius 3 is 2.69 bits per heavy atom. The van der Waals surface area contributed by atoms with Gasteiger partial charge in [-0.05, 0) is 18.3 Å². The lowest BCUT2D eigenvalue weighted by Crippen LogP contribution is -2.21. The van der Waals surface area contributed by atoms with Crippen molar-refractivity contribution in [1.29, 1.82) is 0 Å². The predicted octanol–water partition coefficient (Wildman–Crippen LogP) is 2.63. The summed E-state index contributed by atoms with van der Waals surface area (Å²) < 4.78 is 2.13. The maximum Gasteiger partial charge on any atom is 0.111 e. The van der Waals surface area contributed by atoms with Crippen molar-refractivity contribution >= 4 is 0 Å². The molecule has 1 rings (SSSR count). The molecule has 0 radical (unpaired) electrons. The maximum atomic E-state index is 10.00. The zero-order valence-electron chi connectivity index (χ0n) is 10.9. The van der Waals surface area contributed by atoms with Gasteiger partial charge in [0.05, 0.1) is 6.10 Å². The summed E-state index contributed by atoms with van der Waals surface area (Å²) in [6.07, 6.45) is 6.07. The molecule has 3 nitrogen and oxygen atoms in total. The molecule has 0 aliphatic rings. The van der Waals surface area contributed by atoms with Crippen LogP contribution in [0.4, 0.5) is 0 Å². The van der Waals surface area contributed by atoms with Crippen molar-refractivity contribution in [2.75, 3.05) is 0 Å². The van der Waals surface area contributed by atoms with E-state index in [-0.39, 0.29) is 11.5 Å². The molecule has 0 amide bonds. The Morgan fingerprint density at radius 1 is 1.44 bits per heavy atom. The molecule has 0 bridgehead atoms. The third-order valence-electron chi connectivity index (χ3n) is 2.53. The van der Waals surface area contributed by atoms with Crippen LogP contribution in [0.25, 0.3) is 0 Å². The first kappa shape index (κ1) is 13.2. The fourth-order valence-corrected chi connectivity index (χ4v) is 1.96. The van der Waals surface area contributed by atoms with E-state index in [1.807, 2.05) is 12.4 Å². The Kier molecular flexibility index (Phi) is 4.54. The van der Waals surface area contributed by atoms with Crippen molar-refractivity contribution in [3.05, 3.63) is 18.2 Å². The van der Waals surface area contributed by atoms with Crippen molar-refractivity contribution < 1.29 is 5.11 Å². The van der Waals surface area contributed by atoms with E-state index in [0.29, 0.717) is 6.42 Å². The first-order chi connectivity index (χ1) is 7.42. The molecule has 1 atom stereocenters. The molecule has 1 N–H and O–H groups in total. The van der Waals surface area contributed by atoms with Crippen molar-refractivity contribution in [3.63, 3.8) is 0 Å². The number of aliphatic hydroxyl groups is 1. The molecule has 0 fully saturated rings. The van der Waals surface area contributed by atoms with Crippen LogP contribution in [-0.2, 0) is 13.0 Å². The molecule has 1 heterocycles. The smallest absolute Gasteiger partial charge is 0.111 e. The van der Waals surface area contributed by atoms with E-state index in [2.05, 4.69) is 37.2 Å². The van der Waals surface area contributed by atoms with Crippen LogP contribution in [0.5, 0.6) is 0 Å². The Bertz CT molecular complexity index is 312. The van der Waals surface area contributed by atoms with Gasteiger partial charge in [0.25, 0.3) is 0 Å². The fourth-order valence-electron chi connectivity index (χ4n) is 1.96. The average molecular weight is 224 g/mol. The van der Waals surface area contributed by atoms with E-state index >= 15 is 0 Å². The zero-order chi connectivity index (χ0) is 12.2. The lowest BCUT2D eigenvalue weighted by Gasteiger charge is -2.22. The molecule has 16 heavy (non-hydrogen) atoms. The molecule has 0 saturated carbocycles. The molecule has 1 aromatic rings. The predicted molar refractivity (Wildman–Crippen MR) is 66.3 cm³/mol. The molecular formula is C13H24N2O. The van der Waals surface area contributed by atoms with Crippen molar-refractivity contribution in [2.24, 2.45) is 5.41 Å². The Hall–Kier alpha value is -0.830. The monoisotopic (exact) mass is 224 g/mol.